The van der Waals surface area contributed by atoms with Crippen LogP contribution in [0.2, 0.25) is 0 Å². The molecule has 0 spiro atoms. The molecule has 2 amide bonds. The molecule has 1 fully saturated rings. The summed E-state index contributed by atoms with van der Waals surface area (Å²) in [6.07, 6.45) is 4.32. The first-order chi connectivity index (χ1) is 16.1. The minimum absolute atomic E-state index is 0.112. The fourth-order valence-corrected chi connectivity index (χ4v) is 4.65. The smallest absolute Gasteiger partial charge is 0.252 e. The van der Waals surface area contributed by atoms with Gasteiger partial charge >= 0.3 is 0 Å². The van der Waals surface area contributed by atoms with Gasteiger partial charge in [0, 0.05) is 37.1 Å². The number of carbonyl (C=O) groups is 2. The first-order valence-electron chi connectivity index (χ1n) is 11.4. The second kappa shape index (κ2) is 11.0. The number of aromatic nitrogens is 1. The molecule has 1 atom stereocenters. The Morgan fingerprint density at radius 3 is 2.67 bits per heavy atom. The average Bonchev–Trinajstić information content (AvgIpc) is 2.85. The molecule has 2 aromatic carbocycles. The van der Waals surface area contributed by atoms with Crippen LogP contribution in [0.3, 0.4) is 0 Å². The highest BCUT2D eigenvalue weighted by Gasteiger charge is 2.27. The lowest BCUT2D eigenvalue weighted by atomic mass is 9.80. The molecule has 0 saturated carbocycles. The van der Waals surface area contributed by atoms with E-state index in [-0.39, 0.29) is 17.6 Å². The molecule has 0 bridgehead atoms. The predicted molar refractivity (Wildman–Crippen MR) is 126 cm³/mol. The summed E-state index contributed by atoms with van der Waals surface area (Å²) in [6.45, 7) is 3.76. The molecule has 1 aliphatic rings. The fourth-order valence-electron chi connectivity index (χ4n) is 4.65. The van der Waals surface area contributed by atoms with Crippen LogP contribution in [0, 0.1) is 11.7 Å². The Morgan fingerprint density at radius 2 is 1.91 bits per heavy atom. The van der Waals surface area contributed by atoms with Gasteiger partial charge in [0.1, 0.15) is 5.82 Å². The number of fused-ring (bicyclic) bond motifs is 1. The van der Waals surface area contributed by atoms with Gasteiger partial charge in [0.05, 0.1) is 11.1 Å². The third-order valence-electron chi connectivity index (χ3n) is 6.49. The van der Waals surface area contributed by atoms with Crippen molar-refractivity contribution in [2.24, 2.45) is 5.92 Å². The molecular weight excluding hydrogens is 419 g/mol. The van der Waals surface area contributed by atoms with Crippen molar-refractivity contribution in [2.45, 2.75) is 18.8 Å². The van der Waals surface area contributed by atoms with Crippen LogP contribution in [0.4, 0.5) is 4.39 Å². The van der Waals surface area contributed by atoms with Crippen molar-refractivity contribution in [3.63, 3.8) is 0 Å². The van der Waals surface area contributed by atoms with Crippen molar-refractivity contribution in [3.05, 3.63) is 77.7 Å². The molecule has 0 unspecified atom stereocenters. The van der Waals surface area contributed by atoms with Crippen LogP contribution in [0.5, 0.6) is 0 Å². The molecule has 6 nitrogen and oxygen atoms in total. The van der Waals surface area contributed by atoms with Crippen LogP contribution >= 0.6 is 0 Å². The zero-order valence-corrected chi connectivity index (χ0v) is 18.5. The molecule has 1 aromatic heterocycles. The second-order valence-corrected chi connectivity index (χ2v) is 8.54. The normalized spacial score (nSPS) is 15.8. The van der Waals surface area contributed by atoms with Gasteiger partial charge in [0.2, 0.25) is 6.41 Å². The van der Waals surface area contributed by atoms with Gasteiger partial charge in [-0.2, -0.15) is 0 Å². The summed E-state index contributed by atoms with van der Waals surface area (Å²) in [5.41, 5.74) is 2.50. The Labute approximate surface area is 193 Å². The molecule has 7 heteroatoms. The zero-order valence-electron chi connectivity index (χ0n) is 18.5. The monoisotopic (exact) mass is 448 g/mol. The van der Waals surface area contributed by atoms with Crippen LogP contribution < -0.4 is 10.6 Å². The van der Waals surface area contributed by atoms with Gasteiger partial charge in [-0.05, 0) is 61.7 Å². The Bertz CT molecular complexity index is 1080. The molecule has 0 aliphatic carbocycles. The van der Waals surface area contributed by atoms with Gasteiger partial charge in [0.25, 0.3) is 5.91 Å². The average molecular weight is 449 g/mol. The summed E-state index contributed by atoms with van der Waals surface area (Å²) in [4.78, 5) is 30.1. The van der Waals surface area contributed by atoms with E-state index in [4.69, 9.17) is 0 Å². The lowest BCUT2D eigenvalue weighted by Gasteiger charge is -2.36. The Morgan fingerprint density at radius 1 is 1.15 bits per heavy atom. The van der Waals surface area contributed by atoms with E-state index in [0.717, 1.165) is 55.4 Å². The van der Waals surface area contributed by atoms with Crippen molar-refractivity contribution in [2.75, 3.05) is 32.7 Å². The molecule has 1 aliphatic heterocycles. The highest BCUT2D eigenvalue weighted by molar-refractivity contribution is 5.97. The number of amides is 2. The number of carbonyl (C=O) groups excluding carboxylic acids is 2. The SMILES string of the molecule is O=CNC[C@H](c1ccc(F)cc1)C1CCN(CCNC(=O)c2cnc3ccccc3c2)CC1. The molecule has 2 heterocycles. The Hall–Kier alpha value is -3.32. The van der Waals surface area contributed by atoms with Crippen LogP contribution in [-0.4, -0.2) is 54.9 Å². The van der Waals surface area contributed by atoms with Gasteiger partial charge in [-0.3, -0.25) is 14.6 Å². The fraction of sp³-hybridized carbons (Fsp3) is 0.346. The maximum absolute atomic E-state index is 13.3. The van der Waals surface area contributed by atoms with Crippen LogP contribution in [0.15, 0.2) is 60.8 Å². The lowest BCUT2D eigenvalue weighted by molar-refractivity contribution is -0.109. The second-order valence-electron chi connectivity index (χ2n) is 8.54. The molecule has 0 radical (unpaired) electrons. The third kappa shape index (κ3) is 5.93. The van der Waals surface area contributed by atoms with Crippen molar-refractivity contribution in [1.82, 2.24) is 20.5 Å². The van der Waals surface area contributed by atoms with Crippen LogP contribution in [0.1, 0.15) is 34.7 Å². The molecule has 3 aromatic rings. The van der Waals surface area contributed by atoms with E-state index in [9.17, 15) is 14.0 Å². The number of nitrogens with zero attached hydrogens (tertiary/aromatic N) is 2. The van der Waals surface area contributed by atoms with Gasteiger partial charge in [-0.25, -0.2) is 4.39 Å². The number of pyridine rings is 1. The minimum Gasteiger partial charge on any atom is -0.358 e. The quantitative estimate of drug-likeness (QED) is 0.493. The van der Waals surface area contributed by atoms with Gasteiger partial charge < -0.3 is 15.5 Å². The summed E-state index contributed by atoms with van der Waals surface area (Å²) in [5, 5.41) is 6.75. The van der Waals surface area contributed by atoms with Crippen molar-refractivity contribution >= 4 is 23.2 Å². The van der Waals surface area contributed by atoms with Crippen molar-refractivity contribution in [3.8, 4) is 0 Å². The molecule has 2 N–H and O–H groups in total. The number of likely N-dealkylation sites (tertiary alicyclic amines) is 1. The van der Waals surface area contributed by atoms with Crippen molar-refractivity contribution < 1.29 is 14.0 Å². The number of para-hydroxylation sites is 1. The Balaban J connectivity index is 1.26. The number of piperidine rings is 1. The van der Waals surface area contributed by atoms with E-state index in [1.54, 1.807) is 6.20 Å². The number of hydrogen-bond acceptors (Lipinski definition) is 4. The third-order valence-corrected chi connectivity index (χ3v) is 6.49. The van der Waals surface area contributed by atoms with E-state index >= 15 is 0 Å². The number of benzene rings is 2. The number of rotatable bonds is 9. The van der Waals surface area contributed by atoms with Gasteiger partial charge in [-0.1, -0.05) is 30.3 Å². The number of nitrogens with one attached hydrogen (secondary N) is 2. The maximum Gasteiger partial charge on any atom is 0.252 e. The Kier molecular flexibility index (Phi) is 7.62. The standard InChI is InChI=1S/C26H29FN4O2/c27-23-7-5-19(6-8-23)24(17-28-18-32)20-9-12-31(13-10-20)14-11-29-26(33)22-15-21-3-1-2-4-25(21)30-16-22/h1-8,15-16,18,20,24H,9-14,17H2,(H,28,32)(H,29,33)/t24-/m1/s1. The van der Waals surface area contributed by atoms with E-state index in [1.165, 1.54) is 12.1 Å². The van der Waals surface area contributed by atoms with Crippen molar-refractivity contribution in [1.29, 1.82) is 0 Å². The highest BCUT2D eigenvalue weighted by atomic mass is 19.1. The predicted octanol–water partition coefficient (Wildman–Crippen LogP) is 3.35. The highest BCUT2D eigenvalue weighted by Crippen LogP contribution is 2.32. The molecular formula is C26H29FN4O2. The summed E-state index contributed by atoms with van der Waals surface area (Å²) in [5.74, 6) is 0.215. The van der Waals surface area contributed by atoms with E-state index in [0.29, 0.717) is 24.6 Å². The topological polar surface area (TPSA) is 74.3 Å². The minimum atomic E-state index is -0.253. The number of hydrogen-bond donors (Lipinski definition) is 2. The zero-order chi connectivity index (χ0) is 23.0. The van der Waals surface area contributed by atoms with E-state index < -0.39 is 0 Å². The maximum atomic E-state index is 13.3. The molecule has 33 heavy (non-hydrogen) atoms. The lowest BCUT2D eigenvalue weighted by Crippen LogP contribution is -2.41. The first kappa shape index (κ1) is 22.9. The van der Waals surface area contributed by atoms with Crippen LogP contribution in [-0.2, 0) is 4.79 Å². The summed E-state index contributed by atoms with van der Waals surface area (Å²) in [7, 11) is 0. The number of halogens is 1. The van der Waals surface area contributed by atoms with Gasteiger partial charge in [0.15, 0.2) is 0 Å². The first-order valence-corrected chi connectivity index (χ1v) is 11.4. The summed E-state index contributed by atoms with van der Waals surface area (Å²) in [6, 6.07) is 16.2. The summed E-state index contributed by atoms with van der Waals surface area (Å²) >= 11 is 0. The summed E-state index contributed by atoms with van der Waals surface area (Å²) < 4.78 is 13.3. The molecule has 4 rings (SSSR count). The molecule has 1 saturated heterocycles. The van der Waals surface area contributed by atoms with E-state index in [1.807, 2.05) is 42.5 Å². The molecule has 172 valence electrons. The van der Waals surface area contributed by atoms with Crippen LogP contribution in [0.25, 0.3) is 10.9 Å². The van der Waals surface area contributed by atoms with E-state index in [2.05, 4.69) is 20.5 Å². The largest absolute Gasteiger partial charge is 0.358 e. The van der Waals surface area contributed by atoms with Gasteiger partial charge in [-0.15, -0.1) is 0 Å².